The Morgan fingerprint density at radius 1 is 1.33 bits per heavy atom. The van der Waals surface area contributed by atoms with Gasteiger partial charge in [0.15, 0.2) is 11.6 Å². The first-order valence-electron chi connectivity index (χ1n) is 6.72. The van der Waals surface area contributed by atoms with E-state index < -0.39 is 0 Å². The highest BCUT2D eigenvalue weighted by molar-refractivity contribution is 5.43. The van der Waals surface area contributed by atoms with E-state index in [0.717, 1.165) is 19.4 Å². The third-order valence-corrected chi connectivity index (χ3v) is 3.34. The van der Waals surface area contributed by atoms with Crippen molar-refractivity contribution in [1.29, 1.82) is 0 Å². The Kier molecular flexibility index (Phi) is 6.05. The number of anilines is 1. The van der Waals surface area contributed by atoms with Gasteiger partial charge in [-0.3, -0.25) is 0 Å². The molecule has 0 aliphatic heterocycles. The highest BCUT2D eigenvalue weighted by Gasteiger charge is 2.18. The van der Waals surface area contributed by atoms with Crippen LogP contribution < -0.4 is 10.2 Å². The zero-order valence-corrected chi connectivity index (χ0v) is 11.8. The fourth-order valence-corrected chi connectivity index (χ4v) is 2.12. The third-order valence-electron chi connectivity index (χ3n) is 3.34. The fraction of sp³-hybridized carbons (Fsp3) is 0.643. The van der Waals surface area contributed by atoms with Crippen molar-refractivity contribution in [2.24, 2.45) is 0 Å². The quantitative estimate of drug-likeness (QED) is 0.809. The largest absolute Gasteiger partial charge is 0.354 e. The number of hydrogen-bond acceptors (Lipinski definition) is 3. The number of pyridine rings is 1. The van der Waals surface area contributed by atoms with Crippen LogP contribution in [0.4, 0.5) is 10.2 Å². The second kappa shape index (κ2) is 7.31. The zero-order chi connectivity index (χ0) is 13.5. The highest BCUT2D eigenvalue weighted by Crippen LogP contribution is 2.22. The Balaban J connectivity index is 2.94. The van der Waals surface area contributed by atoms with Crippen LogP contribution in [0.15, 0.2) is 12.3 Å². The topological polar surface area (TPSA) is 28.2 Å². The summed E-state index contributed by atoms with van der Waals surface area (Å²) in [6, 6.07) is 2.07. The summed E-state index contributed by atoms with van der Waals surface area (Å²) in [6.07, 6.45) is 3.67. The standard InChI is InChI=1S/C14H24FN3/c1-5-12(6-2)18(4)14-13(15)11(8-9-17-14)10-16-7-3/h8-9,12,16H,5-7,10H2,1-4H3. The third kappa shape index (κ3) is 3.42. The van der Waals surface area contributed by atoms with Crippen molar-refractivity contribution in [3.8, 4) is 0 Å². The maximum absolute atomic E-state index is 14.3. The van der Waals surface area contributed by atoms with Crippen LogP contribution in [0.5, 0.6) is 0 Å². The second-order valence-corrected chi connectivity index (χ2v) is 4.47. The summed E-state index contributed by atoms with van der Waals surface area (Å²) in [6.45, 7) is 7.63. The van der Waals surface area contributed by atoms with E-state index in [1.54, 1.807) is 12.3 Å². The predicted octanol–water partition coefficient (Wildman–Crippen LogP) is 2.96. The lowest BCUT2D eigenvalue weighted by molar-refractivity contribution is 0.546. The Labute approximate surface area is 109 Å². The summed E-state index contributed by atoms with van der Waals surface area (Å²) < 4.78 is 14.3. The molecule has 1 aromatic heterocycles. The van der Waals surface area contributed by atoms with E-state index in [0.29, 0.717) is 24.0 Å². The van der Waals surface area contributed by atoms with Crippen molar-refractivity contribution in [1.82, 2.24) is 10.3 Å². The molecule has 0 saturated carbocycles. The Morgan fingerprint density at radius 3 is 2.56 bits per heavy atom. The molecule has 0 atom stereocenters. The lowest BCUT2D eigenvalue weighted by atomic mass is 10.1. The summed E-state index contributed by atoms with van der Waals surface area (Å²) in [4.78, 5) is 6.14. The first kappa shape index (κ1) is 14.9. The van der Waals surface area contributed by atoms with Crippen molar-refractivity contribution in [3.05, 3.63) is 23.6 Å². The SMILES string of the molecule is CCNCc1ccnc(N(C)C(CC)CC)c1F. The molecular formula is C14H24FN3. The number of hydrogen-bond donors (Lipinski definition) is 1. The van der Waals surface area contributed by atoms with Gasteiger partial charge in [0, 0.05) is 31.4 Å². The average Bonchev–Trinajstić information content (AvgIpc) is 2.39. The van der Waals surface area contributed by atoms with Gasteiger partial charge >= 0.3 is 0 Å². The molecule has 0 amide bonds. The summed E-state index contributed by atoms with van der Waals surface area (Å²) in [5.41, 5.74) is 0.680. The van der Waals surface area contributed by atoms with Crippen LogP contribution >= 0.6 is 0 Å². The maximum atomic E-state index is 14.3. The lowest BCUT2D eigenvalue weighted by Gasteiger charge is -2.28. The average molecular weight is 253 g/mol. The predicted molar refractivity (Wildman–Crippen MR) is 74.3 cm³/mol. The first-order valence-corrected chi connectivity index (χ1v) is 6.72. The van der Waals surface area contributed by atoms with Gasteiger partial charge in [-0.25, -0.2) is 9.37 Å². The molecule has 1 rings (SSSR count). The van der Waals surface area contributed by atoms with Crippen LogP contribution in [0.1, 0.15) is 39.2 Å². The van der Waals surface area contributed by atoms with Gasteiger partial charge < -0.3 is 10.2 Å². The summed E-state index contributed by atoms with van der Waals surface area (Å²) >= 11 is 0. The van der Waals surface area contributed by atoms with Crippen LogP contribution in [0, 0.1) is 5.82 Å². The molecule has 1 heterocycles. The zero-order valence-electron chi connectivity index (χ0n) is 11.8. The Morgan fingerprint density at radius 2 is 2.00 bits per heavy atom. The van der Waals surface area contributed by atoms with Crippen LogP contribution in [0.2, 0.25) is 0 Å². The molecule has 0 saturated heterocycles. The first-order chi connectivity index (χ1) is 8.65. The molecule has 0 fully saturated rings. The normalized spacial score (nSPS) is 11.0. The van der Waals surface area contributed by atoms with E-state index in [1.807, 2.05) is 18.9 Å². The number of nitrogens with zero attached hydrogens (tertiary/aromatic N) is 2. The van der Waals surface area contributed by atoms with Gasteiger partial charge in [0.2, 0.25) is 0 Å². The van der Waals surface area contributed by atoms with E-state index in [9.17, 15) is 4.39 Å². The summed E-state index contributed by atoms with van der Waals surface area (Å²) in [5, 5.41) is 3.14. The smallest absolute Gasteiger partial charge is 0.170 e. The minimum Gasteiger partial charge on any atom is -0.354 e. The van der Waals surface area contributed by atoms with Gasteiger partial charge in [-0.2, -0.15) is 0 Å². The second-order valence-electron chi connectivity index (χ2n) is 4.47. The molecule has 3 nitrogen and oxygen atoms in total. The van der Waals surface area contributed by atoms with Gasteiger partial charge in [0.1, 0.15) is 0 Å². The number of rotatable bonds is 7. The van der Waals surface area contributed by atoms with Gasteiger partial charge in [-0.05, 0) is 25.5 Å². The van der Waals surface area contributed by atoms with Gasteiger partial charge in [0.25, 0.3) is 0 Å². The van der Waals surface area contributed by atoms with Crippen molar-refractivity contribution >= 4 is 5.82 Å². The van der Waals surface area contributed by atoms with Crippen molar-refractivity contribution in [2.45, 2.75) is 46.2 Å². The maximum Gasteiger partial charge on any atom is 0.170 e. The number of halogens is 1. The molecule has 0 radical (unpaired) electrons. The molecule has 0 spiro atoms. The van der Waals surface area contributed by atoms with E-state index in [-0.39, 0.29) is 5.82 Å². The molecule has 0 aromatic carbocycles. The molecule has 102 valence electrons. The fourth-order valence-electron chi connectivity index (χ4n) is 2.12. The van der Waals surface area contributed by atoms with Gasteiger partial charge in [0.05, 0.1) is 0 Å². The van der Waals surface area contributed by atoms with Crippen molar-refractivity contribution in [3.63, 3.8) is 0 Å². The van der Waals surface area contributed by atoms with Crippen LogP contribution in [-0.4, -0.2) is 24.6 Å². The molecule has 4 heteroatoms. The van der Waals surface area contributed by atoms with Crippen LogP contribution in [0.3, 0.4) is 0 Å². The molecule has 1 aromatic rings. The van der Waals surface area contributed by atoms with Crippen LogP contribution in [0.25, 0.3) is 0 Å². The Hall–Kier alpha value is -1.16. The summed E-state index contributed by atoms with van der Waals surface area (Å²) in [7, 11) is 1.92. The lowest BCUT2D eigenvalue weighted by Crippen LogP contribution is -2.32. The van der Waals surface area contributed by atoms with Crippen molar-refractivity contribution in [2.75, 3.05) is 18.5 Å². The number of nitrogens with one attached hydrogen (secondary N) is 1. The van der Waals surface area contributed by atoms with E-state index in [2.05, 4.69) is 24.1 Å². The van der Waals surface area contributed by atoms with E-state index in [4.69, 9.17) is 0 Å². The van der Waals surface area contributed by atoms with Gasteiger partial charge in [-0.1, -0.05) is 20.8 Å². The highest BCUT2D eigenvalue weighted by atomic mass is 19.1. The Bertz CT molecular complexity index is 364. The number of aromatic nitrogens is 1. The molecule has 0 aliphatic rings. The molecule has 0 aliphatic carbocycles. The summed E-state index contributed by atoms with van der Waals surface area (Å²) in [5.74, 6) is 0.256. The molecule has 0 bridgehead atoms. The monoisotopic (exact) mass is 253 g/mol. The molecule has 18 heavy (non-hydrogen) atoms. The van der Waals surface area contributed by atoms with Crippen LogP contribution in [-0.2, 0) is 6.54 Å². The van der Waals surface area contributed by atoms with E-state index in [1.165, 1.54) is 0 Å². The minimum absolute atomic E-state index is 0.201. The molecular weight excluding hydrogens is 229 g/mol. The minimum atomic E-state index is -0.201. The van der Waals surface area contributed by atoms with E-state index >= 15 is 0 Å². The van der Waals surface area contributed by atoms with Crippen molar-refractivity contribution < 1.29 is 4.39 Å². The van der Waals surface area contributed by atoms with Gasteiger partial charge in [-0.15, -0.1) is 0 Å². The molecule has 1 N–H and O–H groups in total. The molecule has 0 unspecified atom stereocenters.